The lowest BCUT2D eigenvalue weighted by Gasteiger charge is -2.36. The molecule has 0 spiro atoms. The molecule has 0 aromatic heterocycles. The van der Waals surface area contributed by atoms with E-state index in [1.807, 2.05) is 38.1 Å². The number of piperazine rings is 1. The SMILES string of the molecule is CCc1ccc(C(=O)N2CCN(C(=O)[C@@H](N=C3NS(=O)(=O)c4ccccc43)[C@@H](C)CC)CC2)cc1. The number of fused-ring (bicyclic) bond motifs is 1. The van der Waals surface area contributed by atoms with Crippen LogP contribution in [-0.4, -0.2) is 68.1 Å². The van der Waals surface area contributed by atoms with Crippen LogP contribution in [0.2, 0.25) is 0 Å². The van der Waals surface area contributed by atoms with Crippen LogP contribution < -0.4 is 4.72 Å². The van der Waals surface area contributed by atoms with Gasteiger partial charge in [-0.1, -0.05) is 51.5 Å². The minimum atomic E-state index is -3.68. The van der Waals surface area contributed by atoms with Crippen molar-refractivity contribution in [2.45, 2.75) is 44.6 Å². The number of sulfonamides is 1. The Labute approximate surface area is 207 Å². The third kappa shape index (κ3) is 5.10. The molecule has 0 radical (unpaired) electrons. The van der Waals surface area contributed by atoms with Crippen LogP contribution in [0.1, 0.15) is 48.7 Å². The molecule has 0 unspecified atom stereocenters. The van der Waals surface area contributed by atoms with Crippen LogP contribution in [0.5, 0.6) is 0 Å². The Morgan fingerprint density at radius 3 is 2.23 bits per heavy atom. The van der Waals surface area contributed by atoms with Gasteiger partial charge in [-0.25, -0.2) is 8.42 Å². The standard InChI is InChI=1S/C26H32N4O4S/c1-4-18(3)23(27-24-21-8-6-7-9-22(21)35(33,34)28-24)26(32)30-16-14-29(15-17-30)25(31)20-12-10-19(5-2)11-13-20/h6-13,18,23H,4-5,14-17H2,1-3H3,(H,27,28)/t18-,23-/m0/s1. The molecular formula is C26H32N4O4S. The summed E-state index contributed by atoms with van der Waals surface area (Å²) in [6.07, 6.45) is 1.64. The monoisotopic (exact) mass is 496 g/mol. The largest absolute Gasteiger partial charge is 0.337 e. The van der Waals surface area contributed by atoms with Crippen molar-refractivity contribution in [1.82, 2.24) is 14.5 Å². The average molecular weight is 497 g/mol. The molecular weight excluding hydrogens is 464 g/mol. The fourth-order valence-electron chi connectivity index (χ4n) is 4.40. The zero-order chi connectivity index (χ0) is 25.2. The third-order valence-corrected chi connectivity index (χ3v) is 8.25. The molecule has 2 aliphatic rings. The van der Waals surface area contributed by atoms with E-state index in [4.69, 9.17) is 0 Å². The lowest BCUT2D eigenvalue weighted by atomic mass is 9.97. The van der Waals surface area contributed by atoms with Gasteiger partial charge in [0.05, 0.1) is 4.90 Å². The molecule has 0 aliphatic carbocycles. The van der Waals surface area contributed by atoms with Gasteiger partial charge in [0.25, 0.3) is 15.9 Å². The Balaban J connectivity index is 1.48. The van der Waals surface area contributed by atoms with Gasteiger partial charge in [-0.2, -0.15) is 0 Å². The highest BCUT2D eigenvalue weighted by Crippen LogP contribution is 2.25. The summed E-state index contributed by atoms with van der Waals surface area (Å²) in [7, 11) is -3.68. The van der Waals surface area contributed by atoms with E-state index in [1.165, 1.54) is 11.6 Å². The van der Waals surface area contributed by atoms with Gasteiger partial charge in [-0.15, -0.1) is 0 Å². The number of carbonyl (C=O) groups excluding carboxylic acids is 2. The van der Waals surface area contributed by atoms with Crippen LogP contribution >= 0.6 is 0 Å². The summed E-state index contributed by atoms with van der Waals surface area (Å²) in [5.74, 6) is -0.0436. The number of nitrogens with zero attached hydrogens (tertiary/aromatic N) is 3. The fourth-order valence-corrected chi connectivity index (χ4v) is 5.64. The number of nitrogens with one attached hydrogen (secondary N) is 1. The number of aryl methyl sites for hydroxylation is 1. The Hall–Kier alpha value is -3.20. The van der Waals surface area contributed by atoms with Gasteiger partial charge in [0.2, 0.25) is 5.91 Å². The predicted molar refractivity (Wildman–Crippen MR) is 135 cm³/mol. The molecule has 2 aromatic carbocycles. The quantitative estimate of drug-likeness (QED) is 0.665. The maximum absolute atomic E-state index is 13.5. The predicted octanol–water partition coefficient (Wildman–Crippen LogP) is 2.69. The van der Waals surface area contributed by atoms with E-state index in [0.29, 0.717) is 43.7 Å². The maximum Gasteiger partial charge on any atom is 0.263 e. The number of amidine groups is 1. The number of carbonyl (C=O) groups is 2. The molecule has 9 heteroatoms. The summed E-state index contributed by atoms with van der Waals surface area (Å²) in [5, 5.41) is 0. The van der Waals surface area contributed by atoms with Crippen molar-refractivity contribution >= 4 is 27.7 Å². The minimum absolute atomic E-state index is 0.0320. The first-order valence-electron chi connectivity index (χ1n) is 12.1. The second-order valence-corrected chi connectivity index (χ2v) is 10.7. The van der Waals surface area contributed by atoms with Crippen molar-refractivity contribution in [3.8, 4) is 0 Å². The smallest absolute Gasteiger partial charge is 0.263 e. The second kappa shape index (κ2) is 10.2. The van der Waals surface area contributed by atoms with Gasteiger partial charge in [0.1, 0.15) is 11.9 Å². The third-order valence-electron chi connectivity index (χ3n) is 6.85. The zero-order valence-electron chi connectivity index (χ0n) is 20.4. The average Bonchev–Trinajstić information content (AvgIpc) is 3.15. The van der Waals surface area contributed by atoms with Crippen LogP contribution in [-0.2, 0) is 21.2 Å². The van der Waals surface area contributed by atoms with E-state index in [2.05, 4.69) is 16.6 Å². The van der Waals surface area contributed by atoms with Crippen molar-refractivity contribution in [2.75, 3.05) is 26.2 Å². The van der Waals surface area contributed by atoms with Crippen molar-refractivity contribution in [1.29, 1.82) is 0 Å². The number of hydrogen-bond acceptors (Lipinski definition) is 5. The highest BCUT2D eigenvalue weighted by Gasteiger charge is 2.35. The Bertz CT molecular complexity index is 1230. The summed E-state index contributed by atoms with van der Waals surface area (Å²) < 4.78 is 27.5. The zero-order valence-corrected chi connectivity index (χ0v) is 21.2. The van der Waals surface area contributed by atoms with E-state index in [9.17, 15) is 18.0 Å². The molecule has 0 saturated carbocycles. The fraction of sp³-hybridized carbons (Fsp3) is 0.423. The molecule has 1 saturated heterocycles. The van der Waals surface area contributed by atoms with Gasteiger partial charge >= 0.3 is 0 Å². The molecule has 1 fully saturated rings. The molecule has 35 heavy (non-hydrogen) atoms. The molecule has 0 bridgehead atoms. The molecule has 4 rings (SSSR count). The Morgan fingerprint density at radius 1 is 0.971 bits per heavy atom. The maximum atomic E-state index is 13.5. The lowest BCUT2D eigenvalue weighted by molar-refractivity contribution is -0.135. The van der Waals surface area contributed by atoms with E-state index in [-0.39, 0.29) is 28.5 Å². The molecule has 2 atom stereocenters. The summed E-state index contributed by atoms with van der Waals surface area (Å²) in [4.78, 5) is 34.7. The molecule has 2 heterocycles. The van der Waals surface area contributed by atoms with E-state index in [0.717, 1.165) is 6.42 Å². The summed E-state index contributed by atoms with van der Waals surface area (Å²) in [6.45, 7) is 7.72. The first-order valence-corrected chi connectivity index (χ1v) is 13.6. The first kappa shape index (κ1) is 24.9. The van der Waals surface area contributed by atoms with Crippen LogP contribution in [0, 0.1) is 5.92 Å². The van der Waals surface area contributed by atoms with Crippen molar-refractivity contribution < 1.29 is 18.0 Å². The topological polar surface area (TPSA) is 99.2 Å². The molecule has 2 aliphatic heterocycles. The van der Waals surface area contributed by atoms with E-state index in [1.54, 1.807) is 28.0 Å². The highest BCUT2D eigenvalue weighted by atomic mass is 32.2. The number of rotatable bonds is 6. The number of aliphatic imine (C=N–C) groups is 1. The van der Waals surface area contributed by atoms with Crippen LogP contribution in [0.4, 0.5) is 0 Å². The minimum Gasteiger partial charge on any atom is -0.337 e. The molecule has 2 amide bonds. The van der Waals surface area contributed by atoms with Crippen LogP contribution in [0.3, 0.4) is 0 Å². The van der Waals surface area contributed by atoms with Crippen molar-refractivity contribution in [3.05, 3.63) is 65.2 Å². The Morgan fingerprint density at radius 2 is 1.60 bits per heavy atom. The normalized spacial score (nSPS) is 19.7. The molecule has 2 aromatic rings. The van der Waals surface area contributed by atoms with E-state index < -0.39 is 16.1 Å². The lowest BCUT2D eigenvalue weighted by Crippen LogP contribution is -2.53. The van der Waals surface area contributed by atoms with Crippen molar-refractivity contribution in [3.63, 3.8) is 0 Å². The Kier molecular flexibility index (Phi) is 7.25. The number of benzene rings is 2. The summed E-state index contributed by atoms with van der Waals surface area (Å²) in [5.41, 5.74) is 2.32. The molecule has 1 N–H and O–H groups in total. The number of hydrogen-bond donors (Lipinski definition) is 1. The molecule has 8 nitrogen and oxygen atoms in total. The number of amides is 2. The van der Waals surface area contributed by atoms with Gasteiger partial charge in [-0.3, -0.25) is 19.3 Å². The second-order valence-electron chi connectivity index (χ2n) is 9.08. The van der Waals surface area contributed by atoms with Gasteiger partial charge < -0.3 is 9.80 Å². The van der Waals surface area contributed by atoms with Crippen molar-refractivity contribution in [2.24, 2.45) is 10.9 Å². The van der Waals surface area contributed by atoms with Crippen LogP contribution in [0.15, 0.2) is 58.4 Å². The summed E-state index contributed by atoms with van der Waals surface area (Å²) >= 11 is 0. The molecule has 186 valence electrons. The first-order chi connectivity index (χ1) is 16.7. The van der Waals surface area contributed by atoms with Gasteiger partial charge in [-0.05, 0) is 42.2 Å². The van der Waals surface area contributed by atoms with Gasteiger partial charge in [0, 0.05) is 37.3 Å². The summed E-state index contributed by atoms with van der Waals surface area (Å²) in [6, 6.07) is 13.6. The van der Waals surface area contributed by atoms with Gasteiger partial charge in [0.15, 0.2) is 0 Å². The van der Waals surface area contributed by atoms with Crippen LogP contribution in [0.25, 0.3) is 0 Å². The highest BCUT2D eigenvalue weighted by molar-refractivity contribution is 7.90. The van der Waals surface area contributed by atoms with E-state index >= 15 is 0 Å².